The molecule has 2 N–H and O–H groups in total. The van der Waals surface area contributed by atoms with Gasteiger partial charge in [0.05, 0.1) is 22.1 Å². The third kappa shape index (κ3) is 5.30. The van der Waals surface area contributed by atoms with Crippen molar-refractivity contribution in [3.05, 3.63) is 65.7 Å². The largest absolute Gasteiger partial charge is 0.416 e. The smallest absolute Gasteiger partial charge is 0.389 e. The number of benzene rings is 2. The van der Waals surface area contributed by atoms with E-state index < -0.39 is 33.4 Å². The summed E-state index contributed by atoms with van der Waals surface area (Å²) in [5.74, 6) is 0. The Morgan fingerprint density at radius 3 is 2.00 bits per heavy atom. The number of halogens is 3. The van der Waals surface area contributed by atoms with Gasteiger partial charge in [-0.1, -0.05) is 30.3 Å². The molecule has 0 aliphatic heterocycles. The molecule has 26 heavy (non-hydrogen) atoms. The van der Waals surface area contributed by atoms with Crippen LogP contribution in [0.3, 0.4) is 0 Å². The van der Waals surface area contributed by atoms with Crippen molar-refractivity contribution in [3.63, 3.8) is 0 Å². The van der Waals surface area contributed by atoms with Gasteiger partial charge in [0.15, 0.2) is 0 Å². The number of rotatable bonds is 6. The summed E-state index contributed by atoms with van der Waals surface area (Å²) in [5, 5.41) is 10.3. The number of hydrogen-bond donors (Lipinski definition) is 2. The fourth-order valence-electron chi connectivity index (χ4n) is 2.36. The van der Waals surface area contributed by atoms with Crippen LogP contribution in [0.5, 0.6) is 0 Å². The van der Waals surface area contributed by atoms with E-state index in [9.17, 15) is 26.7 Å². The highest BCUT2D eigenvalue weighted by Gasteiger charge is 2.33. The molecule has 0 aliphatic rings. The van der Waals surface area contributed by atoms with Crippen LogP contribution in [-0.2, 0) is 22.6 Å². The SMILES string of the molecule is CC(C)(O)[C@H](Cc1ccccc1)NS(=O)(=O)c1ccc(C(F)(F)F)cc1. The van der Waals surface area contributed by atoms with Gasteiger partial charge >= 0.3 is 6.18 Å². The van der Waals surface area contributed by atoms with Gasteiger partial charge in [0.25, 0.3) is 0 Å². The molecule has 0 saturated carbocycles. The fraction of sp³-hybridized carbons (Fsp3) is 0.333. The predicted molar refractivity (Wildman–Crippen MR) is 92.0 cm³/mol. The third-order valence-corrected chi connectivity index (χ3v) is 5.41. The van der Waals surface area contributed by atoms with E-state index in [4.69, 9.17) is 0 Å². The first-order chi connectivity index (χ1) is 11.9. The van der Waals surface area contributed by atoms with Gasteiger partial charge in [0.1, 0.15) is 0 Å². The first kappa shape index (κ1) is 20.4. The van der Waals surface area contributed by atoms with Crippen LogP contribution in [0.25, 0.3) is 0 Å². The molecule has 0 aromatic heterocycles. The molecule has 0 radical (unpaired) electrons. The molecule has 2 aromatic carbocycles. The van der Waals surface area contributed by atoms with Gasteiger partial charge in [-0.3, -0.25) is 0 Å². The second kappa shape index (κ2) is 7.38. The van der Waals surface area contributed by atoms with E-state index in [1.54, 1.807) is 24.3 Å². The monoisotopic (exact) mass is 387 g/mol. The van der Waals surface area contributed by atoms with E-state index in [1.807, 2.05) is 6.07 Å². The Labute approximate surface area is 150 Å². The molecule has 0 aliphatic carbocycles. The second-order valence-electron chi connectivity index (χ2n) is 6.54. The van der Waals surface area contributed by atoms with Crippen molar-refractivity contribution in [2.75, 3.05) is 0 Å². The number of sulfonamides is 1. The van der Waals surface area contributed by atoms with Crippen molar-refractivity contribution >= 4 is 10.0 Å². The third-order valence-electron chi connectivity index (χ3n) is 3.92. The number of aliphatic hydroxyl groups is 1. The Hall–Kier alpha value is -1.90. The van der Waals surface area contributed by atoms with E-state index in [0.717, 1.165) is 17.7 Å². The van der Waals surface area contributed by atoms with Crippen LogP contribution in [0.1, 0.15) is 25.0 Å². The van der Waals surface area contributed by atoms with Crippen molar-refractivity contribution in [3.8, 4) is 0 Å². The predicted octanol–water partition coefficient (Wildman–Crippen LogP) is 3.37. The number of hydrogen-bond acceptors (Lipinski definition) is 3. The van der Waals surface area contributed by atoms with Gasteiger partial charge in [-0.05, 0) is 50.1 Å². The molecule has 0 heterocycles. The molecule has 0 saturated heterocycles. The summed E-state index contributed by atoms with van der Waals surface area (Å²) in [7, 11) is -4.10. The minimum absolute atomic E-state index is 0.226. The lowest BCUT2D eigenvalue weighted by Gasteiger charge is -2.30. The molecule has 0 fully saturated rings. The maximum absolute atomic E-state index is 12.6. The molecular weight excluding hydrogens is 367 g/mol. The lowest BCUT2D eigenvalue weighted by atomic mass is 9.93. The summed E-state index contributed by atoms with van der Waals surface area (Å²) in [6.45, 7) is 2.94. The summed E-state index contributed by atoms with van der Waals surface area (Å²) >= 11 is 0. The first-order valence-corrected chi connectivity index (χ1v) is 9.34. The van der Waals surface area contributed by atoms with Crippen LogP contribution in [0.4, 0.5) is 13.2 Å². The van der Waals surface area contributed by atoms with E-state index in [1.165, 1.54) is 13.8 Å². The topological polar surface area (TPSA) is 66.4 Å². The lowest BCUT2D eigenvalue weighted by molar-refractivity contribution is -0.137. The summed E-state index contributed by atoms with van der Waals surface area (Å²) in [4.78, 5) is -0.298. The van der Waals surface area contributed by atoms with E-state index in [2.05, 4.69) is 4.72 Å². The standard InChI is InChI=1S/C18H20F3NO3S/c1-17(2,23)16(12-13-6-4-3-5-7-13)22-26(24,25)15-10-8-14(9-11-15)18(19,20)21/h3-11,16,22-23H,12H2,1-2H3/t16-/m0/s1. The minimum atomic E-state index is -4.54. The summed E-state index contributed by atoms with van der Waals surface area (Å²) in [6, 6.07) is 11.4. The van der Waals surface area contributed by atoms with Gasteiger partial charge in [-0.2, -0.15) is 13.2 Å². The zero-order chi connectivity index (χ0) is 19.6. The van der Waals surface area contributed by atoms with Crippen molar-refractivity contribution < 1.29 is 26.7 Å². The van der Waals surface area contributed by atoms with Crippen LogP contribution >= 0.6 is 0 Å². The van der Waals surface area contributed by atoms with Crippen LogP contribution < -0.4 is 4.72 Å². The minimum Gasteiger partial charge on any atom is -0.389 e. The van der Waals surface area contributed by atoms with Crippen molar-refractivity contribution in [1.29, 1.82) is 0 Å². The highest BCUT2D eigenvalue weighted by atomic mass is 32.2. The molecule has 1 atom stereocenters. The Morgan fingerprint density at radius 2 is 1.54 bits per heavy atom. The molecule has 4 nitrogen and oxygen atoms in total. The average molecular weight is 387 g/mol. The van der Waals surface area contributed by atoms with Crippen molar-refractivity contribution in [2.45, 2.75) is 43.0 Å². The number of nitrogens with one attached hydrogen (secondary N) is 1. The van der Waals surface area contributed by atoms with Crippen LogP contribution in [0, 0.1) is 0 Å². The molecule has 8 heteroatoms. The van der Waals surface area contributed by atoms with Crippen molar-refractivity contribution in [1.82, 2.24) is 4.72 Å². The van der Waals surface area contributed by atoms with E-state index in [-0.39, 0.29) is 11.3 Å². The Morgan fingerprint density at radius 1 is 1.00 bits per heavy atom. The van der Waals surface area contributed by atoms with Crippen LogP contribution in [0.15, 0.2) is 59.5 Å². The molecule has 142 valence electrons. The average Bonchev–Trinajstić information content (AvgIpc) is 2.53. The number of alkyl halides is 3. The summed E-state index contributed by atoms with van der Waals surface area (Å²) in [5.41, 5.74) is -1.50. The van der Waals surface area contributed by atoms with Crippen LogP contribution in [0.2, 0.25) is 0 Å². The van der Waals surface area contributed by atoms with Gasteiger partial charge in [0.2, 0.25) is 10.0 Å². The normalized spacial score (nSPS) is 14.2. The molecule has 2 aromatic rings. The van der Waals surface area contributed by atoms with Gasteiger partial charge in [0, 0.05) is 0 Å². The maximum atomic E-state index is 12.6. The Balaban J connectivity index is 2.26. The second-order valence-corrected chi connectivity index (χ2v) is 8.25. The summed E-state index contributed by atoms with van der Waals surface area (Å²) in [6.07, 6.45) is -4.32. The highest BCUT2D eigenvalue weighted by molar-refractivity contribution is 7.89. The zero-order valence-corrected chi connectivity index (χ0v) is 15.1. The van der Waals surface area contributed by atoms with E-state index in [0.29, 0.717) is 12.1 Å². The fourth-order valence-corrected chi connectivity index (χ4v) is 3.74. The summed E-state index contributed by atoms with van der Waals surface area (Å²) < 4.78 is 65.4. The maximum Gasteiger partial charge on any atom is 0.416 e. The Bertz CT molecular complexity index is 827. The molecule has 2 rings (SSSR count). The Kier molecular flexibility index (Phi) is 5.79. The first-order valence-electron chi connectivity index (χ1n) is 7.85. The molecule has 0 amide bonds. The molecule has 0 unspecified atom stereocenters. The quantitative estimate of drug-likeness (QED) is 0.799. The van der Waals surface area contributed by atoms with E-state index >= 15 is 0 Å². The molecule has 0 bridgehead atoms. The zero-order valence-electron chi connectivity index (χ0n) is 14.3. The van der Waals surface area contributed by atoms with Crippen molar-refractivity contribution in [2.24, 2.45) is 0 Å². The molecule has 0 spiro atoms. The van der Waals surface area contributed by atoms with Crippen LogP contribution in [-0.4, -0.2) is 25.2 Å². The van der Waals surface area contributed by atoms with Gasteiger partial charge in [-0.15, -0.1) is 0 Å². The highest BCUT2D eigenvalue weighted by Crippen LogP contribution is 2.30. The lowest BCUT2D eigenvalue weighted by Crippen LogP contribution is -2.50. The van der Waals surface area contributed by atoms with Gasteiger partial charge < -0.3 is 5.11 Å². The van der Waals surface area contributed by atoms with Gasteiger partial charge in [-0.25, -0.2) is 13.1 Å². The molecular formula is C18H20F3NO3S.